The zero-order valence-electron chi connectivity index (χ0n) is 55.5. The van der Waals surface area contributed by atoms with Crippen LogP contribution in [0.4, 0.5) is 52.7 Å². The van der Waals surface area contributed by atoms with E-state index in [9.17, 15) is 92.3 Å². The lowest BCUT2D eigenvalue weighted by Crippen LogP contribution is -2.62. The molecule has 5 N–H and O–H groups in total. The number of amides is 2. The topological polar surface area (TPSA) is 350 Å². The van der Waals surface area contributed by atoms with Gasteiger partial charge in [0, 0.05) is 60.0 Å². The van der Waals surface area contributed by atoms with Crippen molar-refractivity contribution in [2.45, 2.75) is 129 Å². The fraction of sp³-hybridized carbons (Fsp3) is 0.273. The Kier molecular flexibility index (Phi) is 26.1. The summed E-state index contributed by atoms with van der Waals surface area (Å²) in [6, 6.07) is 19.9. The highest BCUT2D eigenvalue weighted by Gasteiger charge is 2.51. The van der Waals surface area contributed by atoms with Crippen molar-refractivity contribution in [2.75, 3.05) is 0 Å². The number of carboxylic acid groups (broad SMARTS) is 1. The van der Waals surface area contributed by atoms with Crippen molar-refractivity contribution in [2.24, 2.45) is 5.73 Å². The van der Waals surface area contributed by atoms with Crippen LogP contribution in [0, 0.1) is 17.5 Å². The Morgan fingerprint density at radius 3 is 0.953 bits per heavy atom. The van der Waals surface area contributed by atoms with Crippen molar-refractivity contribution in [3.63, 3.8) is 0 Å². The minimum atomic E-state index is -4.56. The monoisotopic (exact) mass is 1580 g/mol. The van der Waals surface area contributed by atoms with Crippen LogP contribution < -0.4 is 16.4 Å². The second kappa shape index (κ2) is 33.8. The number of benzene rings is 3. The molecule has 107 heavy (non-hydrogen) atoms. The number of halogens is 13. The minimum absolute atomic E-state index is 0. The van der Waals surface area contributed by atoms with E-state index < -0.39 is 131 Å². The molecular formula is C66H60ClF12N15O10S3. The number of hydrogen-bond donors (Lipinski definition) is 4. The summed E-state index contributed by atoms with van der Waals surface area (Å²) in [5.41, 5.74) is 6.03. The van der Waals surface area contributed by atoms with Crippen molar-refractivity contribution in [1.82, 2.24) is 68.4 Å². The predicted octanol–water partition coefficient (Wildman–Crippen LogP) is 9.83. The maximum absolute atomic E-state index is 13.2. The average molecular weight is 1580 g/mol. The van der Waals surface area contributed by atoms with E-state index in [0.29, 0.717) is 63.7 Å². The minimum Gasteiger partial charge on any atom is -0.480 e. The third kappa shape index (κ3) is 19.9. The number of sulfonamides is 3. The highest BCUT2D eigenvalue weighted by molar-refractivity contribution is 7.89. The first-order chi connectivity index (χ1) is 49.8. The number of nitrogens with two attached hydrogens (primary N) is 1. The average Bonchev–Trinajstić information content (AvgIpc) is 0.762. The number of carboxylic acids is 1. The molecule has 3 aromatic carbocycles. The Balaban J connectivity index is 0.000000188. The number of carbonyl (C=O) groups is 3. The predicted molar refractivity (Wildman–Crippen MR) is 357 cm³/mol. The first-order valence-corrected chi connectivity index (χ1v) is 35.5. The maximum atomic E-state index is 13.2. The molecule has 2 amide bonds. The van der Waals surface area contributed by atoms with Crippen molar-refractivity contribution >= 4 is 60.3 Å². The largest absolute Gasteiger partial charge is 0.480 e. The lowest BCUT2D eigenvalue weighted by molar-refractivity contribution is -0.146. The van der Waals surface area contributed by atoms with Gasteiger partial charge in [0.2, 0.25) is 41.9 Å². The van der Waals surface area contributed by atoms with Gasteiger partial charge in [0.15, 0.2) is 0 Å². The van der Waals surface area contributed by atoms with Gasteiger partial charge in [-0.05, 0) is 167 Å². The van der Waals surface area contributed by atoms with E-state index in [-0.39, 0.29) is 59.2 Å². The molecule has 9 aromatic rings. The SMILES string of the molecule is CC1CC(C(=O)O)N1S(=O)(=O)c1ccc(F)cc1.C[C@@H]1C[C@@H](C(=O)NCc2cc(-c3ccc(C(F)(F)F)nc3)ncn2)N1S(=O)(=O)c1ccc(F)cc1.C[C@H]1C[C@H](C(=O)NCc2cc(-c3ccc(C(F)(F)F)nc3)ncn2)N1S(=O)(=O)c1ccc(F)cc1.Cl.NCc1cc(-c2ccc(C(F)(F)F)nc2)ncn1. The number of nitrogens with zero attached hydrogens (tertiary/aromatic N) is 12. The third-order valence-corrected chi connectivity index (χ3v) is 22.4. The molecule has 6 aromatic heterocycles. The van der Waals surface area contributed by atoms with E-state index in [2.05, 4.69) is 55.5 Å². The van der Waals surface area contributed by atoms with E-state index in [1.807, 2.05) is 0 Å². The smallest absolute Gasteiger partial charge is 0.433 e. The first kappa shape index (κ1) is 82.6. The van der Waals surface area contributed by atoms with Crippen LogP contribution in [0.25, 0.3) is 33.8 Å². The summed E-state index contributed by atoms with van der Waals surface area (Å²) < 4.78 is 232. The van der Waals surface area contributed by atoms with Crippen LogP contribution >= 0.6 is 12.4 Å². The van der Waals surface area contributed by atoms with Crippen LogP contribution in [0.15, 0.2) is 180 Å². The molecule has 25 nitrogen and oxygen atoms in total. The van der Waals surface area contributed by atoms with Gasteiger partial charge in [-0.3, -0.25) is 29.3 Å². The van der Waals surface area contributed by atoms with Gasteiger partial charge < -0.3 is 21.5 Å². The number of alkyl halides is 9. The molecule has 0 aliphatic carbocycles. The van der Waals surface area contributed by atoms with Gasteiger partial charge in [0.1, 0.15) is 71.6 Å². The summed E-state index contributed by atoms with van der Waals surface area (Å²) in [6.07, 6.45) is -5.73. The third-order valence-electron chi connectivity index (χ3n) is 16.3. The summed E-state index contributed by atoms with van der Waals surface area (Å²) in [7, 11) is -11.9. The molecule has 41 heteroatoms. The Morgan fingerprint density at radius 1 is 0.430 bits per heavy atom. The Labute approximate surface area is 608 Å². The number of rotatable bonds is 17. The summed E-state index contributed by atoms with van der Waals surface area (Å²) in [5.74, 6) is -3.94. The Hall–Kier alpha value is -10.1. The Bertz CT molecular complexity index is 4770. The summed E-state index contributed by atoms with van der Waals surface area (Å²) in [4.78, 5) is 70.2. The molecule has 12 rings (SSSR count). The van der Waals surface area contributed by atoms with E-state index in [0.717, 1.165) is 123 Å². The molecule has 0 saturated carbocycles. The number of carbonyl (C=O) groups excluding carboxylic acids is 2. The lowest BCUT2D eigenvalue weighted by Gasteiger charge is -2.44. The quantitative estimate of drug-likeness (QED) is 0.0616. The zero-order valence-corrected chi connectivity index (χ0v) is 58.8. The molecule has 0 spiro atoms. The van der Waals surface area contributed by atoms with Gasteiger partial charge in [0.05, 0.1) is 61.9 Å². The van der Waals surface area contributed by atoms with Crippen LogP contribution in [0.3, 0.4) is 0 Å². The van der Waals surface area contributed by atoms with Crippen molar-refractivity contribution < 1.29 is 97.4 Å². The molecule has 3 saturated heterocycles. The first-order valence-electron chi connectivity index (χ1n) is 31.2. The molecule has 568 valence electrons. The fourth-order valence-electron chi connectivity index (χ4n) is 10.9. The fourth-order valence-corrected chi connectivity index (χ4v) is 16.2. The molecule has 2 unspecified atom stereocenters. The van der Waals surface area contributed by atoms with E-state index in [1.54, 1.807) is 26.8 Å². The van der Waals surface area contributed by atoms with Crippen LogP contribution in [0.2, 0.25) is 0 Å². The summed E-state index contributed by atoms with van der Waals surface area (Å²) >= 11 is 0. The number of pyridine rings is 3. The molecule has 9 heterocycles. The highest BCUT2D eigenvalue weighted by atomic mass is 35.5. The molecule has 3 aliphatic rings. The number of nitrogens with one attached hydrogen (secondary N) is 2. The van der Waals surface area contributed by atoms with E-state index in [1.165, 1.54) is 49.3 Å². The van der Waals surface area contributed by atoms with Crippen LogP contribution in [0.5, 0.6) is 0 Å². The van der Waals surface area contributed by atoms with Crippen molar-refractivity contribution in [1.29, 1.82) is 0 Å². The lowest BCUT2D eigenvalue weighted by atomic mass is 9.98. The summed E-state index contributed by atoms with van der Waals surface area (Å²) in [5, 5.41) is 14.2. The molecule has 3 aliphatic heterocycles. The highest BCUT2D eigenvalue weighted by Crippen LogP contribution is 2.37. The summed E-state index contributed by atoms with van der Waals surface area (Å²) in [6.45, 7) is 5.10. The van der Waals surface area contributed by atoms with Crippen molar-refractivity contribution in [3.05, 3.63) is 217 Å². The van der Waals surface area contributed by atoms with Crippen LogP contribution in [0.1, 0.15) is 74.2 Å². The Morgan fingerprint density at radius 2 is 0.701 bits per heavy atom. The second-order valence-electron chi connectivity index (χ2n) is 23.6. The van der Waals surface area contributed by atoms with Crippen LogP contribution in [-0.4, -0.2) is 142 Å². The molecule has 3 fully saturated rings. The maximum Gasteiger partial charge on any atom is 0.433 e. The molecule has 0 radical (unpaired) electrons. The second-order valence-corrected chi connectivity index (χ2v) is 29.1. The number of hydrogen-bond acceptors (Lipinski definition) is 19. The van der Waals surface area contributed by atoms with Gasteiger partial charge in [-0.2, -0.15) is 52.4 Å². The number of aliphatic carboxylic acids is 1. The van der Waals surface area contributed by atoms with Gasteiger partial charge in [-0.15, -0.1) is 12.4 Å². The van der Waals surface area contributed by atoms with Gasteiger partial charge in [-0.1, -0.05) is 0 Å². The number of aromatic nitrogens is 9. The van der Waals surface area contributed by atoms with E-state index in [4.69, 9.17) is 10.8 Å². The molecule has 6 atom stereocenters. The van der Waals surface area contributed by atoms with Gasteiger partial charge in [0.25, 0.3) is 0 Å². The standard InChI is InChI=1S/2C22H19F4N5O3S.C11H9F3N4.C11H12FNO4S.ClH/c2*1-13-8-19(31(13)35(33,34)17-5-3-15(23)4-6-17)21(32)28-11-16-9-18(30-12-29-16)14-2-7-20(27-10-14)22(24,25)26;12-11(13,14)10-2-1-7(5-16-10)9-3-8(4-15)17-6-18-9;1-7-6-10(11(14)15)13(7)18(16,17)9-4-2-8(12)3-5-9;/h2*2-7,9-10,12-13,19H,8,11H2,1H3,(H,28,32);1-3,5-6H,4,15H2;2-5,7,10H,6H2,1H3,(H,14,15);1H/t2*13-,19+;;;/m10.../s1. The van der Waals surface area contributed by atoms with Gasteiger partial charge >= 0.3 is 24.5 Å². The van der Waals surface area contributed by atoms with Crippen LogP contribution in [-0.2, 0) is 82.6 Å². The molecular weight excluding hydrogens is 1520 g/mol. The van der Waals surface area contributed by atoms with Gasteiger partial charge in [-0.25, -0.2) is 68.3 Å². The molecule has 0 bridgehead atoms. The van der Waals surface area contributed by atoms with E-state index >= 15 is 0 Å². The van der Waals surface area contributed by atoms with Crippen molar-refractivity contribution in [3.8, 4) is 33.8 Å². The zero-order chi connectivity index (χ0) is 77.4. The normalized spacial score (nSPS) is 18.3.